The lowest BCUT2D eigenvalue weighted by molar-refractivity contribution is -0.147. The van der Waals surface area contributed by atoms with Crippen LogP contribution in [0, 0.1) is 5.92 Å². The van der Waals surface area contributed by atoms with E-state index in [1.165, 1.54) is 0 Å². The molecule has 1 saturated heterocycles. The maximum atomic E-state index is 12.3. The van der Waals surface area contributed by atoms with Gasteiger partial charge in [-0.05, 0) is 40.2 Å². The van der Waals surface area contributed by atoms with Gasteiger partial charge in [0, 0.05) is 17.6 Å². The SMILES string of the molecule is C=C1C(=O)O[C@@H]2/C=C(\C)C[C@H](O)/C=C(\C)C[C@@H](OC(=O)/C(C)=C\C)[C@@H]12. The summed E-state index contributed by atoms with van der Waals surface area (Å²) in [6.45, 7) is 11.1. The van der Waals surface area contributed by atoms with Crippen LogP contribution in [-0.4, -0.2) is 35.4 Å². The molecule has 5 nitrogen and oxygen atoms in total. The third-order valence-electron chi connectivity index (χ3n) is 4.66. The molecule has 0 aromatic heterocycles. The van der Waals surface area contributed by atoms with Crippen LogP contribution in [0.3, 0.4) is 0 Å². The normalized spacial score (nSPS) is 35.0. The lowest BCUT2D eigenvalue weighted by Gasteiger charge is -2.28. The number of carbonyl (C=O) groups is 2. The first-order valence-electron chi connectivity index (χ1n) is 8.49. The molecule has 2 rings (SSSR count). The molecule has 1 N–H and O–H groups in total. The highest BCUT2D eigenvalue weighted by atomic mass is 16.6. The molecule has 25 heavy (non-hydrogen) atoms. The molecule has 0 aromatic rings. The first kappa shape index (κ1) is 19.2. The number of aliphatic hydroxyl groups excluding tert-OH is 1. The molecule has 0 saturated carbocycles. The van der Waals surface area contributed by atoms with Gasteiger partial charge in [-0.2, -0.15) is 0 Å². The first-order valence-corrected chi connectivity index (χ1v) is 8.49. The third kappa shape index (κ3) is 4.48. The first-order chi connectivity index (χ1) is 11.7. The van der Waals surface area contributed by atoms with Gasteiger partial charge in [-0.15, -0.1) is 0 Å². The van der Waals surface area contributed by atoms with Gasteiger partial charge in [0.05, 0.1) is 12.0 Å². The highest BCUT2D eigenvalue weighted by molar-refractivity contribution is 5.92. The van der Waals surface area contributed by atoms with Crippen LogP contribution in [0.4, 0.5) is 0 Å². The van der Waals surface area contributed by atoms with Crippen molar-refractivity contribution < 1.29 is 24.2 Å². The molecule has 2 aliphatic rings. The van der Waals surface area contributed by atoms with Gasteiger partial charge in [0.15, 0.2) is 0 Å². The standard InChI is InChI=1S/C20H26O5/c1-6-13(4)19(22)24-16-9-11(2)7-15(21)8-12(3)10-17-18(16)14(5)20(23)25-17/h6-7,10,15-18,21H,5,8-9H2,1-4H3/b11-7+,12-10+,13-6-/t15-,16-,17-,18-/m1/s1. The Bertz CT molecular complexity index is 668. The van der Waals surface area contributed by atoms with Crippen molar-refractivity contribution in [3.05, 3.63) is 47.1 Å². The van der Waals surface area contributed by atoms with E-state index in [0.29, 0.717) is 24.0 Å². The van der Waals surface area contributed by atoms with Gasteiger partial charge in [0.2, 0.25) is 0 Å². The van der Waals surface area contributed by atoms with Gasteiger partial charge in [0.1, 0.15) is 12.2 Å². The maximum Gasteiger partial charge on any atom is 0.334 e. The Morgan fingerprint density at radius 1 is 1.32 bits per heavy atom. The van der Waals surface area contributed by atoms with Gasteiger partial charge in [0.25, 0.3) is 0 Å². The molecule has 0 amide bonds. The zero-order chi connectivity index (χ0) is 18.7. The van der Waals surface area contributed by atoms with Crippen molar-refractivity contribution in [3.63, 3.8) is 0 Å². The van der Waals surface area contributed by atoms with Crippen LogP contribution in [-0.2, 0) is 19.1 Å². The fraction of sp³-hybridized carbons (Fsp3) is 0.500. The minimum atomic E-state index is -0.623. The number of allylic oxidation sites excluding steroid dienone is 1. The summed E-state index contributed by atoms with van der Waals surface area (Å²) < 4.78 is 11.1. The molecule has 0 aromatic carbocycles. The molecule has 0 unspecified atom stereocenters. The topological polar surface area (TPSA) is 72.8 Å². The highest BCUT2D eigenvalue weighted by Gasteiger charge is 2.44. The minimum Gasteiger partial charge on any atom is -0.458 e. The summed E-state index contributed by atoms with van der Waals surface area (Å²) in [5.74, 6) is -1.33. The Morgan fingerprint density at radius 3 is 2.60 bits per heavy atom. The summed E-state index contributed by atoms with van der Waals surface area (Å²) in [5, 5.41) is 10.2. The smallest absolute Gasteiger partial charge is 0.334 e. The maximum absolute atomic E-state index is 12.3. The lowest BCUT2D eigenvalue weighted by atomic mass is 9.85. The molecule has 136 valence electrons. The van der Waals surface area contributed by atoms with Crippen molar-refractivity contribution in [1.82, 2.24) is 0 Å². The zero-order valence-electron chi connectivity index (χ0n) is 15.2. The summed E-state index contributed by atoms with van der Waals surface area (Å²) in [6, 6.07) is 0. The summed E-state index contributed by atoms with van der Waals surface area (Å²) in [7, 11) is 0. The molecular weight excluding hydrogens is 320 g/mol. The van der Waals surface area contributed by atoms with Crippen molar-refractivity contribution in [1.29, 1.82) is 0 Å². The number of carbonyl (C=O) groups excluding carboxylic acids is 2. The van der Waals surface area contributed by atoms with Crippen LogP contribution in [0.5, 0.6) is 0 Å². The summed E-state index contributed by atoms with van der Waals surface area (Å²) in [5.41, 5.74) is 2.62. The van der Waals surface area contributed by atoms with E-state index in [1.807, 2.05) is 19.9 Å². The van der Waals surface area contributed by atoms with Crippen LogP contribution >= 0.6 is 0 Å². The van der Waals surface area contributed by atoms with Crippen LogP contribution in [0.25, 0.3) is 0 Å². The number of fused-ring (bicyclic) bond motifs is 1. The van der Waals surface area contributed by atoms with Crippen LogP contribution < -0.4 is 0 Å². The molecule has 1 heterocycles. The largest absolute Gasteiger partial charge is 0.458 e. The van der Waals surface area contributed by atoms with E-state index in [9.17, 15) is 14.7 Å². The number of rotatable bonds is 2. The minimum absolute atomic E-state index is 0.318. The second-order valence-corrected chi connectivity index (χ2v) is 6.84. The van der Waals surface area contributed by atoms with E-state index < -0.39 is 36.2 Å². The molecular formula is C20H26O5. The Morgan fingerprint density at radius 2 is 1.96 bits per heavy atom. The van der Waals surface area contributed by atoms with Crippen LogP contribution in [0.15, 0.2) is 47.1 Å². The lowest BCUT2D eigenvalue weighted by Crippen LogP contribution is -2.34. The second kappa shape index (κ2) is 7.83. The molecule has 0 spiro atoms. The molecule has 5 heteroatoms. The zero-order valence-corrected chi connectivity index (χ0v) is 15.2. The molecule has 0 bridgehead atoms. The summed E-state index contributed by atoms with van der Waals surface area (Å²) in [6.07, 6.45) is 4.39. The van der Waals surface area contributed by atoms with Crippen molar-refractivity contribution in [2.24, 2.45) is 5.92 Å². The van der Waals surface area contributed by atoms with E-state index in [1.54, 1.807) is 26.0 Å². The van der Waals surface area contributed by atoms with Gasteiger partial charge in [-0.25, -0.2) is 9.59 Å². The number of esters is 2. The molecule has 1 fully saturated rings. The number of hydrogen-bond acceptors (Lipinski definition) is 5. The van der Waals surface area contributed by atoms with Crippen molar-refractivity contribution in [2.45, 2.75) is 58.8 Å². The fourth-order valence-electron chi connectivity index (χ4n) is 3.22. The predicted molar refractivity (Wildman–Crippen MR) is 94.6 cm³/mol. The van der Waals surface area contributed by atoms with Crippen molar-refractivity contribution in [2.75, 3.05) is 0 Å². The number of hydrogen-bond donors (Lipinski definition) is 1. The van der Waals surface area contributed by atoms with E-state index in [2.05, 4.69) is 6.58 Å². The molecule has 0 radical (unpaired) electrons. The van der Waals surface area contributed by atoms with E-state index in [4.69, 9.17) is 9.47 Å². The van der Waals surface area contributed by atoms with E-state index in [0.717, 1.165) is 11.1 Å². The Labute approximate surface area is 148 Å². The van der Waals surface area contributed by atoms with Crippen LogP contribution in [0.1, 0.15) is 40.5 Å². The molecule has 1 aliphatic heterocycles. The number of aliphatic hydroxyl groups is 1. The van der Waals surface area contributed by atoms with Gasteiger partial charge >= 0.3 is 11.9 Å². The summed E-state index contributed by atoms with van der Waals surface area (Å²) >= 11 is 0. The quantitative estimate of drug-likeness (QED) is 0.473. The third-order valence-corrected chi connectivity index (χ3v) is 4.66. The van der Waals surface area contributed by atoms with E-state index >= 15 is 0 Å². The van der Waals surface area contributed by atoms with Crippen LogP contribution in [0.2, 0.25) is 0 Å². The Kier molecular flexibility index (Phi) is 6.01. The van der Waals surface area contributed by atoms with E-state index in [-0.39, 0.29) is 0 Å². The Balaban J connectivity index is 2.42. The molecule has 4 atom stereocenters. The monoisotopic (exact) mass is 346 g/mol. The van der Waals surface area contributed by atoms with Crippen molar-refractivity contribution >= 4 is 11.9 Å². The second-order valence-electron chi connectivity index (χ2n) is 6.84. The highest BCUT2D eigenvalue weighted by Crippen LogP contribution is 2.36. The average molecular weight is 346 g/mol. The van der Waals surface area contributed by atoms with Gasteiger partial charge in [-0.3, -0.25) is 0 Å². The Hall–Kier alpha value is -2.14. The molecule has 1 aliphatic carbocycles. The van der Waals surface area contributed by atoms with Gasteiger partial charge in [-0.1, -0.05) is 29.9 Å². The average Bonchev–Trinajstić information content (AvgIpc) is 2.78. The van der Waals surface area contributed by atoms with Crippen molar-refractivity contribution in [3.8, 4) is 0 Å². The fourth-order valence-corrected chi connectivity index (χ4v) is 3.22. The van der Waals surface area contributed by atoms with Gasteiger partial charge < -0.3 is 14.6 Å². The number of ether oxygens (including phenoxy) is 2. The predicted octanol–water partition coefficient (Wildman–Crippen LogP) is 3.01. The summed E-state index contributed by atoms with van der Waals surface area (Å²) in [4.78, 5) is 24.3.